The van der Waals surface area contributed by atoms with Gasteiger partial charge in [-0.1, -0.05) is 20.8 Å². The Balaban J connectivity index is 2.69. The molecular formula is C14H27N3O3. The van der Waals surface area contributed by atoms with Gasteiger partial charge in [0, 0.05) is 12.6 Å². The Kier molecular flexibility index (Phi) is 6.78. The molecule has 1 rings (SSSR count). The lowest BCUT2D eigenvalue weighted by Crippen LogP contribution is -2.54. The summed E-state index contributed by atoms with van der Waals surface area (Å²) >= 11 is 0. The Morgan fingerprint density at radius 2 is 1.95 bits per heavy atom. The molecule has 116 valence electrons. The summed E-state index contributed by atoms with van der Waals surface area (Å²) in [7, 11) is 0. The van der Waals surface area contributed by atoms with Crippen molar-refractivity contribution in [3.8, 4) is 0 Å². The maximum Gasteiger partial charge on any atom is 0.326 e. The number of carbonyl (C=O) groups excluding carboxylic acids is 1. The van der Waals surface area contributed by atoms with Gasteiger partial charge in [0.15, 0.2) is 0 Å². The SMILES string of the molecule is CCCN(C(=O)NC(C(=O)O)C(C)C)C1CCNCC1. The molecule has 1 heterocycles. The van der Waals surface area contributed by atoms with Crippen molar-refractivity contribution in [2.24, 2.45) is 5.92 Å². The van der Waals surface area contributed by atoms with Gasteiger partial charge >= 0.3 is 12.0 Å². The van der Waals surface area contributed by atoms with E-state index in [1.807, 2.05) is 6.92 Å². The maximum absolute atomic E-state index is 12.4. The molecule has 0 aromatic rings. The highest BCUT2D eigenvalue weighted by Crippen LogP contribution is 2.13. The van der Waals surface area contributed by atoms with Crippen LogP contribution in [0, 0.1) is 5.92 Å². The summed E-state index contributed by atoms with van der Waals surface area (Å²) in [6, 6.07) is -0.874. The maximum atomic E-state index is 12.4. The van der Waals surface area contributed by atoms with Crippen molar-refractivity contribution >= 4 is 12.0 Å². The van der Waals surface area contributed by atoms with Gasteiger partial charge in [-0.05, 0) is 38.3 Å². The number of nitrogens with one attached hydrogen (secondary N) is 2. The van der Waals surface area contributed by atoms with Crippen LogP contribution >= 0.6 is 0 Å². The third-order valence-electron chi connectivity index (χ3n) is 3.69. The van der Waals surface area contributed by atoms with Crippen LogP contribution in [0.25, 0.3) is 0 Å². The highest BCUT2D eigenvalue weighted by Gasteiger charge is 2.29. The normalized spacial score (nSPS) is 17.8. The van der Waals surface area contributed by atoms with E-state index in [9.17, 15) is 14.7 Å². The predicted octanol–water partition coefficient (Wildman–Crippen LogP) is 1.27. The number of aliphatic carboxylic acids is 1. The van der Waals surface area contributed by atoms with Crippen molar-refractivity contribution in [1.82, 2.24) is 15.5 Å². The molecule has 0 aromatic heterocycles. The molecule has 1 aliphatic rings. The van der Waals surface area contributed by atoms with E-state index in [-0.39, 0.29) is 18.0 Å². The summed E-state index contributed by atoms with van der Waals surface area (Å²) in [4.78, 5) is 25.4. The Hall–Kier alpha value is -1.30. The minimum absolute atomic E-state index is 0.132. The molecule has 1 saturated heterocycles. The minimum Gasteiger partial charge on any atom is -0.480 e. The summed E-state index contributed by atoms with van der Waals surface area (Å²) in [6.07, 6.45) is 2.72. The van der Waals surface area contributed by atoms with Crippen LogP contribution in [0.5, 0.6) is 0 Å². The number of urea groups is 1. The Labute approximate surface area is 120 Å². The Bertz CT molecular complexity index is 328. The molecule has 6 heteroatoms. The van der Waals surface area contributed by atoms with Gasteiger partial charge in [-0.25, -0.2) is 9.59 Å². The quantitative estimate of drug-likeness (QED) is 0.686. The lowest BCUT2D eigenvalue weighted by molar-refractivity contribution is -0.140. The molecule has 0 aromatic carbocycles. The van der Waals surface area contributed by atoms with Crippen molar-refractivity contribution < 1.29 is 14.7 Å². The van der Waals surface area contributed by atoms with Crippen LogP contribution in [-0.4, -0.2) is 53.7 Å². The van der Waals surface area contributed by atoms with Crippen LogP contribution < -0.4 is 10.6 Å². The average Bonchev–Trinajstić information content (AvgIpc) is 2.42. The van der Waals surface area contributed by atoms with Crippen molar-refractivity contribution in [3.05, 3.63) is 0 Å². The summed E-state index contributed by atoms with van der Waals surface area (Å²) in [5.41, 5.74) is 0. The highest BCUT2D eigenvalue weighted by molar-refractivity contribution is 5.83. The Morgan fingerprint density at radius 1 is 1.35 bits per heavy atom. The summed E-state index contributed by atoms with van der Waals surface area (Å²) < 4.78 is 0. The van der Waals surface area contributed by atoms with E-state index in [4.69, 9.17) is 0 Å². The van der Waals surface area contributed by atoms with Crippen molar-refractivity contribution in [2.45, 2.75) is 52.1 Å². The fraction of sp³-hybridized carbons (Fsp3) is 0.857. The lowest BCUT2D eigenvalue weighted by Gasteiger charge is -2.35. The molecule has 6 nitrogen and oxygen atoms in total. The summed E-state index contributed by atoms with van der Waals surface area (Å²) in [6.45, 7) is 8.11. The van der Waals surface area contributed by atoms with E-state index in [1.54, 1.807) is 18.7 Å². The molecule has 0 radical (unpaired) electrons. The lowest BCUT2D eigenvalue weighted by atomic mass is 10.0. The van der Waals surface area contributed by atoms with Gasteiger partial charge in [0.2, 0.25) is 0 Å². The van der Waals surface area contributed by atoms with Gasteiger partial charge in [0.25, 0.3) is 0 Å². The van der Waals surface area contributed by atoms with Crippen molar-refractivity contribution in [2.75, 3.05) is 19.6 Å². The first kappa shape index (κ1) is 16.8. The standard InChI is InChI=1S/C14H27N3O3/c1-4-9-17(11-5-7-15-8-6-11)14(20)16-12(10(2)3)13(18)19/h10-12,15H,4-9H2,1-3H3,(H,16,20)(H,18,19). The van der Waals surface area contributed by atoms with Crippen LogP contribution in [0.3, 0.4) is 0 Å². The number of carboxylic acid groups (broad SMARTS) is 1. The largest absolute Gasteiger partial charge is 0.480 e. The smallest absolute Gasteiger partial charge is 0.326 e. The fourth-order valence-electron chi connectivity index (χ4n) is 2.54. The number of hydrogen-bond acceptors (Lipinski definition) is 3. The number of carbonyl (C=O) groups is 2. The van der Waals surface area contributed by atoms with Gasteiger partial charge < -0.3 is 20.6 Å². The molecule has 0 saturated carbocycles. The molecule has 1 fully saturated rings. The minimum atomic E-state index is -0.977. The summed E-state index contributed by atoms with van der Waals surface area (Å²) in [5.74, 6) is -1.11. The van der Waals surface area contributed by atoms with Crippen molar-refractivity contribution in [1.29, 1.82) is 0 Å². The average molecular weight is 285 g/mol. The number of carboxylic acids is 1. The molecule has 1 aliphatic heterocycles. The van der Waals surface area contributed by atoms with Crippen LogP contribution in [0.4, 0.5) is 4.79 Å². The topological polar surface area (TPSA) is 81.7 Å². The third kappa shape index (κ3) is 4.67. The third-order valence-corrected chi connectivity index (χ3v) is 3.69. The predicted molar refractivity (Wildman–Crippen MR) is 77.7 cm³/mol. The van der Waals surface area contributed by atoms with Crippen LogP contribution in [0.1, 0.15) is 40.0 Å². The number of nitrogens with zero attached hydrogens (tertiary/aromatic N) is 1. The van der Waals surface area contributed by atoms with Gasteiger partial charge in [-0.2, -0.15) is 0 Å². The van der Waals surface area contributed by atoms with E-state index < -0.39 is 12.0 Å². The van der Waals surface area contributed by atoms with Gasteiger partial charge in [0.1, 0.15) is 6.04 Å². The molecule has 20 heavy (non-hydrogen) atoms. The molecule has 3 N–H and O–H groups in total. The number of rotatable bonds is 6. The van der Waals surface area contributed by atoms with Gasteiger partial charge in [-0.15, -0.1) is 0 Å². The van der Waals surface area contributed by atoms with E-state index in [2.05, 4.69) is 10.6 Å². The van der Waals surface area contributed by atoms with Gasteiger partial charge in [-0.3, -0.25) is 0 Å². The molecule has 0 bridgehead atoms. The zero-order chi connectivity index (χ0) is 15.1. The van der Waals surface area contributed by atoms with Crippen LogP contribution in [0.15, 0.2) is 0 Å². The van der Waals surface area contributed by atoms with Crippen LogP contribution in [-0.2, 0) is 4.79 Å². The van der Waals surface area contributed by atoms with E-state index >= 15 is 0 Å². The Morgan fingerprint density at radius 3 is 2.40 bits per heavy atom. The zero-order valence-corrected chi connectivity index (χ0v) is 12.7. The van der Waals surface area contributed by atoms with Crippen molar-refractivity contribution in [3.63, 3.8) is 0 Å². The fourth-order valence-corrected chi connectivity index (χ4v) is 2.54. The van der Waals surface area contributed by atoms with E-state index in [0.717, 1.165) is 32.4 Å². The first-order valence-electron chi connectivity index (χ1n) is 7.48. The first-order valence-corrected chi connectivity index (χ1v) is 7.48. The second kappa shape index (κ2) is 8.09. The monoisotopic (exact) mass is 285 g/mol. The number of hydrogen-bond donors (Lipinski definition) is 3. The molecule has 2 amide bonds. The first-order chi connectivity index (χ1) is 9.47. The summed E-state index contributed by atoms with van der Waals surface area (Å²) in [5, 5.41) is 15.1. The number of amides is 2. The van der Waals surface area contributed by atoms with E-state index in [0.29, 0.717) is 6.54 Å². The van der Waals surface area contributed by atoms with Crippen LogP contribution in [0.2, 0.25) is 0 Å². The highest BCUT2D eigenvalue weighted by atomic mass is 16.4. The molecule has 0 spiro atoms. The molecular weight excluding hydrogens is 258 g/mol. The second-order valence-electron chi connectivity index (χ2n) is 5.68. The molecule has 1 unspecified atom stereocenters. The second-order valence-corrected chi connectivity index (χ2v) is 5.68. The number of piperidine rings is 1. The van der Waals surface area contributed by atoms with E-state index in [1.165, 1.54) is 0 Å². The molecule has 0 aliphatic carbocycles. The zero-order valence-electron chi connectivity index (χ0n) is 12.7. The van der Waals surface area contributed by atoms with Gasteiger partial charge in [0.05, 0.1) is 0 Å². The molecule has 1 atom stereocenters.